The standard InChI is InChI=1S/C15H20ClFN2O3/c16-11-1-3-14(4-2-11)22-6-5-18-15(21)9-19-8-12(17)7-13(19)10-20/h1-4,12-13,20H,5-10H2,(H,18,21)/t12-,13-/m0/s1. The second-order valence-electron chi connectivity index (χ2n) is 5.25. The van der Waals surface area contributed by atoms with Gasteiger partial charge >= 0.3 is 0 Å². The molecule has 1 fully saturated rings. The van der Waals surface area contributed by atoms with Gasteiger partial charge in [0.15, 0.2) is 0 Å². The molecule has 0 bridgehead atoms. The molecular weight excluding hydrogens is 311 g/mol. The smallest absolute Gasteiger partial charge is 0.234 e. The lowest BCUT2D eigenvalue weighted by atomic mass is 10.2. The van der Waals surface area contributed by atoms with Gasteiger partial charge in [-0.1, -0.05) is 11.6 Å². The third-order valence-electron chi connectivity index (χ3n) is 3.54. The molecule has 1 aliphatic rings. The Kier molecular flexibility index (Phi) is 6.42. The van der Waals surface area contributed by atoms with Crippen LogP contribution in [0.25, 0.3) is 0 Å². The molecule has 0 unspecified atom stereocenters. The zero-order chi connectivity index (χ0) is 15.9. The maximum absolute atomic E-state index is 13.3. The quantitative estimate of drug-likeness (QED) is 0.738. The van der Waals surface area contributed by atoms with E-state index < -0.39 is 6.17 Å². The Hall–Kier alpha value is -1.37. The Morgan fingerprint density at radius 1 is 1.45 bits per heavy atom. The maximum atomic E-state index is 13.3. The minimum Gasteiger partial charge on any atom is -0.492 e. The summed E-state index contributed by atoms with van der Waals surface area (Å²) in [5, 5.41) is 12.5. The van der Waals surface area contributed by atoms with Crippen molar-refractivity contribution in [3.63, 3.8) is 0 Å². The van der Waals surface area contributed by atoms with Crippen molar-refractivity contribution in [2.24, 2.45) is 0 Å². The molecule has 2 rings (SSSR count). The van der Waals surface area contributed by atoms with E-state index in [-0.39, 0.29) is 38.1 Å². The second kappa shape index (κ2) is 8.31. The highest BCUT2D eigenvalue weighted by Crippen LogP contribution is 2.19. The van der Waals surface area contributed by atoms with E-state index >= 15 is 0 Å². The predicted octanol–water partition coefficient (Wildman–Crippen LogP) is 1.24. The van der Waals surface area contributed by atoms with E-state index in [1.807, 2.05) is 0 Å². The molecule has 5 nitrogen and oxygen atoms in total. The third kappa shape index (κ3) is 5.12. The highest BCUT2D eigenvalue weighted by Gasteiger charge is 2.32. The van der Waals surface area contributed by atoms with E-state index in [4.69, 9.17) is 21.4 Å². The minimum atomic E-state index is -0.974. The lowest BCUT2D eigenvalue weighted by Crippen LogP contribution is -2.42. The van der Waals surface area contributed by atoms with E-state index in [9.17, 15) is 9.18 Å². The molecule has 1 saturated heterocycles. The van der Waals surface area contributed by atoms with Crippen LogP contribution in [0.4, 0.5) is 4.39 Å². The van der Waals surface area contributed by atoms with Gasteiger partial charge in [-0.25, -0.2) is 4.39 Å². The number of carbonyl (C=O) groups excluding carboxylic acids is 1. The van der Waals surface area contributed by atoms with Crippen LogP contribution in [0.3, 0.4) is 0 Å². The van der Waals surface area contributed by atoms with Crippen molar-refractivity contribution in [1.29, 1.82) is 0 Å². The first-order valence-corrected chi connectivity index (χ1v) is 7.60. The van der Waals surface area contributed by atoms with Gasteiger partial charge < -0.3 is 15.2 Å². The molecule has 7 heteroatoms. The van der Waals surface area contributed by atoms with Gasteiger partial charge in [0.1, 0.15) is 18.5 Å². The molecule has 1 aromatic rings. The molecule has 1 aromatic carbocycles. The Balaban J connectivity index is 1.64. The fourth-order valence-corrected chi connectivity index (χ4v) is 2.56. The molecule has 2 atom stereocenters. The van der Waals surface area contributed by atoms with Crippen molar-refractivity contribution < 1.29 is 19.0 Å². The highest BCUT2D eigenvalue weighted by atomic mass is 35.5. The van der Waals surface area contributed by atoms with Crippen molar-refractivity contribution in [3.05, 3.63) is 29.3 Å². The number of nitrogens with one attached hydrogen (secondary N) is 1. The normalized spacial score (nSPS) is 21.8. The number of rotatable bonds is 7. The van der Waals surface area contributed by atoms with Gasteiger partial charge in [-0.3, -0.25) is 9.69 Å². The first kappa shape index (κ1) is 17.0. The van der Waals surface area contributed by atoms with Crippen molar-refractivity contribution in [3.8, 4) is 5.75 Å². The number of hydrogen-bond acceptors (Lipinski definition) is 4. The number of aliphatic hydroxyl groups is 1. The zero-order valence-electron chi connectivity index (χ0n) is 12.2. The Morgan fingerprint density at radius 2 is 2.18 bits per heavy atom. The van der Waals surface area contributed by atoms with Crippen LogP contribution in [0, 0.1) is 0 Å². The number of alkyl halides is 1. The Labute approximate surface area is 134 Å². The third-order valence-corrected chi connectivity index (χ3v) is 3.79. The van der Waals surface area contributed by atoms with Gasteiger partial charge in [-0.2, -0.15) is 0 Å². The lowest BCUT2D eigenvalue weighted by Gasteiger charge is -2.21. The predicted molar refractivity (Wildman–Crippen MR) is 81.9 cm³/mol. The summed E-state index contributed by atoms with van der Waals surface area (Å²) in [6.07, 6.45) is -0.693. The number of aliphatic hydroxyl groups excluding tert-OH is 1. The molecule has 1 amide bonds. The van der Waals surface area contributed by atoms with Crippen LogP contribution in [0.2, 0.25) is 5.02 Å². The monoisotopic (exact) mass is 330 g/mol. The van der Waals surface area contributed by atoms with E-state index in [0.29, 0.717) is 23.9 Å². The first-order valence-electron chi connectivity index (χ1n) is 7.22. The molecule has 0 aromatic heterocycles. The summed E-state index contributed by atoms with van der Waals surface area (Å²) in [6, 6.07) is 6.69. The van der Waals surface area contributed by atoms with Crippen LogP contribution in [-0.4, -0.2) is 61.0 Å². The Bertz CT molecular complexity index is 486. The number of likely N-dealkylation sites (tertiary alicyclic amines) is 1. The Morgan fingerprint density at radius 3 is 2.86 bits per heavy atom. The van der Waals surface area contributed by atoms with Gasteiger partial charge in [0.2, 0.25) is 5.91 Å². The highest BCUT2D eigenvalue weighted by molar-refractivity contribution is 6.30. The summed E-state index contributed by atoms with van der Waals surface area (Å²) in [7, 11) is 0. The van der Waals surface area contributed by atoms with Crippen LogP contribution >= 0.6 is 11.6 Å². The molecule has 0 radical (unpaired) electrons. The number of nitrogens with zero attached hydrogens (tertiary/aromatic N) is 1. The van der Waals surface area contributed by atoms with Crippen LogP contribution in [0.15, 0.2) is 24.3 Å². The first-order chi connectivity index (χ1) is 10.6. The minimum absolute atomic E-state index is 0.0899. The second-order valence-corrected chi connectivity index (χ2v) is 5.69. The van der Waals surface area contributed by atoms with Crippen LogP contribution in [0.5, 0.6) is 5.75 Å². The molecule has 0 aliphatic carbocycles. The molecule has 122 valence electrons. The van der Waals surface area contributed by atoms with Gasteiger partial charge in [-0.15, -0.1) is 0 Å². The number of ether oxygens (including phenoxy) is 1. The van der Waals surface area contributed by atoms with Crippen LogP contribution < -0.4 is 10.1 Å². The maximum Gasteiger partial charge on any atom is 0.234 e. The van der Waals surface area contributed by atoms with Gasteiger partial charge in [-0.05, 0) is 30.7 Å². The summed E-state index contributed by atoms with van der Waals surface area (Å²) >= 11 is 5.77. The summed E-state index contributed by atoms with van der Waals surface area (Å²) < 4.78 is 18.7. The zero-order valence-corrected chi connectivity index (χ0v) is 12.9. The molecular formula is C15H20ClFN2O3. The molecule has 1 aliphatic heterocycles. The summed E-state index contributed by atoms with van der Waals surface area (Å²) in [6.45, 7) is 0.848. The van der Waals surface area contributed by atoms with E-state index in [1.165, 1.54) is 0 Å². The van der Waals surface area contributed by atoms with E-state index in [1.54, 1.807) is 29.2 Å². The van der Waals surface area contributed by atoms with Gasteiger partial charge in [0, 0.05) is 17.6 Å². The van der Waals surface area contributed by atoms with Crippen LogP contribution in [-0.2, 0) is 4.79 Å². The number of hydrogen-bond donors (Lipinski definition) is 2. The van der Waals surface area contributed by atoms with Crippen molar-refractivity contribution in [1.82, 2.24) is 10.2 Å². The van der Waals surface area contributed by atoms with Crippen molar-refractivity contribution in [2.75, 3.05) is 32.8 Å². The lowest BCUT2D eigenvalue weighted by molar-refractivity contribution is -0.122. The number of halogens is 2. The van der Waals surface area contributed by atoms with E-state index in [2.05, 4.69) is 5.32 Å². The van der Waals surface area contributed by atoms with Crippen LogP contribution in [0.1, 0.15) is 6.42 Å². The summed E-state index contributed by atoms with van der Waals surface area (Å²) in [4.78, 5) is 13.5. The molecule has 1 heterocycles. The average molecular weight is 331 g/mol. The number of benzene rings is 1. The van der Waals surface area contributed by atoms with Gasteiger partial charge in [0.05, 0.1) is 19.7 Å². The molecule has 2 N–H and O–H groups in total. The van der Waals surface area contributed by atoms with Crippen molar-refractivity contribution >= 4 is 17.5 Å². The number of amides is 1. The number of carbonyl (C=O) groups is 1. The fourth-order valence-electron chi connectivity index (χ4n) is 2.44. The SMILES string of the molecule is O=C(CN1C[C@@H](F)C[C@H]1CO)NCCOc1ccc(Cl)cc1. The molecule has 0 spiro atoms. The molecule has 22 heavy (non-hydrogen) atoms. The fraction of sp³-hybridized carbons (Fsp3) is 0.533. The topological polar surface area (TPSA) is 61.8 Å². The molecule has 0 saturated carbocycles. The van der Waals surface area contributed by atoms with Gasteiger partial charge in [0.25, 0.3) is 0 Å². The average Bonchev–Trinajstić information content (AvgIpc) is 2.85. The summed E-state index contributed by atoms with van der Waals surface area (Å²) in [5.41, 5.74) is 0. The van der Waals surface area contributed by atoms with E-state index in [0.717, 1.165) is 0 Å². The largest absolute Gasteiger partial charge is 0.492 e. The van der Waals surface area contributed by atoms with Crippen molar-refractivity contribution in [2.45, 2.75) is 18.6 Å². The summed E-state index contributed by atoms with van der Waals surface area (Å²) in [5.74, 6) is 0.478.